The summed E-state index contributed by atoms with van der Waals surface area (Å²) in [5, 5.41) is 0. The summed E-state index contributed by atoms with van der Waals surface area (Å²) in [7, 11) is -0.291. The zero-order chi connectivity index (χ0) is 15.1. The van der Waals surface area contributed by atoms with Gasteiger partial charge in [0.2, 0.25) is 0 Å². The summed E-state index contributed by atoms with van der Waals surface area (Å²) < 4.78 is 12.1. The minimum atomic E-state index is -0.295. The molecule has 2 aliphatic heterocycles. The fourth-order valence-electron chi connectivity index (χ4n) is 2.46. The molecule has 0 amide bonds. The molecule has 4 heteroatoms. The zero-order valence-electron chi connectivity index (χ0n) is 13.2. The van der Waals surface area contributed by atoms with Crippen molar-refractivity contribution in [3.8, 4) is 0 Å². The van der Waals surface area contributed by atoms with Gasteiger partial charge in [0, 0.05) is 18.4 Å². The topological polar surface area (TPSA) is 21.7 Å². The maximum atomic E-state index is 6.07. The normalized spacial score (nSPS) is 22.9. The van der Waals surface area contributed by atoms with Crippen molar-refractivity contribution in [2.75, 3.05) is 11.4 Å². The van der Waals surface area contributed by atoms with Crippen LogP contribution in [-0.2, 0) is 9.31 Å². The average molecular weight is 283 g/mol. The SMILES string of the molecule is CC1(C)OB(c2ccc(N3C=CC=CC3)cc2)OC1(C)C. The van der Waals surface area contributed by atoms with Crippen LogP contribution in [0.2, 0.25) is 0 Å². The third kappa shape index (κ3) is 2.66. The molecule has 0 unspecified atom stereocenters. The Bertz CT molecular complexity index is 559. The average Bonchev–Trinajstić information content (AvgIpc) is 2.69. The van der Waals surface area contributed by atoms with E-state index in [9.17, 15) is 0 Å². The van der Waals surface area contributed by atoms with Gasteiger partial charge in [0.25, 0.3) is 0 Å². The lowest BCUT2D eigenvalue weighted by atomic mass is 9.79. The van der Waals surface area contributed by atoms with Gasteiger partial charge in [-0.05, 0) is 51.4 Å². The predicted octanol–water partition coefficient (Wildman–Crippen LogP) is 2.88. The Morgan fingerprint density at radius 1 is 0.952 bits per heavy atom. The Balaban J connectivity index is 1.76. The van der Waals surface area contributed by atoms with Gasteiger partial charge >= 0.3 is 7.12 Å². The molecule has 0 saturated carbocycles. The number of rotatable bonds is 2. The summed E-state index contributed by atoms with van der Waals surface area (Å²) in [6, 6.07) is 8.40. The minimum Gasteiger partial charge on any atom is -0.399 e. The van der Waals surface area contributed by atoms with Crippen LogP contribution in [0, 0.1) is 0 Å². The highest BCUT2D eigenvalue weighted by molar-refractivity contribution is 6.62. The first kappa shape index (κ1) is 14.4. The highest BCUT2D eigenvalue weighted by Crippen LogP contribution is 2.36. The van der Waals surface area contributed by atoms with Crippen LogP contribution in [0.3, 0.4) is 0 Å². The van der Waals surface area contributed by atoms with Crippen LogP contribution in [-0.4, -0.2) is 24.9 Å². The van der Waals surface area contributed by atoms with Crippen molar-refractivity contribution in [2.45, 2.75) is 38.9 Å². The molecule has 3 rings (SSSR count). The zero-order valence-corrected chi connectivity index (χ0v) is 13.2. The van der Waals surface area contributed by atoms with Crippen LogP contribution >= 0.6 is 0 Å². The van der Waals surface area contributed by atoms with Crippen molar-refractivity contribution in [1.29, 1.82) is 0 Å². The third-order valence-electron chi connectivity index (χ3n) is 4.57. The molecule has 0 aliphatic carbocycles. The van der Waals surface area contributed by atoms with Crippen LogP contribution < -0.4 is 10.4 Å². The standard InChI is InChI=1S/C17H22BNO2/c1-16(2)17(3,4)21-18(20-16)14-8-10-15(11-9-14)19-12-6-5-7-13-19/h5-12H,13H2,1-4H3. The fraction of sp³-hybridized carbons (Fsp3) is 0.412. The number of allylic oxidation sites excluding steroid dienone is 2. The molecule has 1 fully saturated rings. The first-order chi connectivity index (χ1) is 9.89. The van der Waals surface area contributed by atoms with Crippen molar-refractivity contribution in [2.24, 2.45) is 0 Å². The summed E-state index contributed by atoms with van der Waals surface area (Å²) in [4.78, 5) is 2.20. The van der Waals surface area contributed by atoms with Crippen LogP contribution in [0.5, 0.6) is 0 Å². The molecular formula is C17H22BNO2. The van der Waals surface area contributed by atoms with E-state index >= 15 is 0 Å². The maximum Gasteiger partial charge on any atom is 0.494 e. The molecule has 3 nitrogen and oxygen atoms in total. The molecule has 1 aromatic carbocycles. The molecule has 0 aromatic heterocycles. The molecular weight excluding hydrogens is 261 g/mol. The lowest BCUT2D eigenvalue weighted by Gasteiger charge is -2.32. The molecule has 0 spiro atoms. The van der Waals surface area contributed by atoms with Gasteiger partial charge in [-0.25, -0.2) is 0 Å². The second kappa shape index (κ2) is 5.04. The van der Waals surface area contributed by atoms with E-state index in [-0.39, 0.29) is 18.3 Å². The van der Waals surface area contributed by atoms with E-state index in [1.807, 2.05) is 6.08 Å². The summed E-state index contributed by atoms with van der Waals surface area (Å²) >= 11 is 0. The monoisotopic (exact) mass is 283 g/mol. The Morgan fingerprint density at radius 3 is 2.10 bits per heavy atom. The van der Waals surface area contributed by atoms with E-state index in [0.717, 1.165) is 12.0 Å². The van der Waals surface area contributed by atoms with Gasteiger partial charge in [0.15, 0.2) is 0 Å². The van der Waals surface area contributed by atoms with Crippen LogP contribution in [0.1, 0.15) is 27.7 Å². The molecule has 2 heterocycles. The van der Waals surface area contributed by atoms with E-state index < -0.39 is 0 Å². The summed E-state index contributed by atoms with van der Waals surface area (Å²) in [5.41, 5.74) is 1.65. The highest BCUT2D eigenvalue weighted by Gasteiger charge is 2.51. The molecule has 2 aliphatic rings. The summed E-state index contributed by atoms with van der Waals surface area (Å²) in [5.74, 6) is 0. The van der Waals surface area contributed by atoms with Gasteiger partial charge in [0.05, 0.1) is 11.2 Å². The molecule has 1 aromatic rings. The van der Waals surface area contributed by atoms with Gasteiger partial charge in [-0.15, -0.1) is 0 Å². The first-order valence-electron chi connectivity index (χ1n) is 7.45. The quantitative estimate of drug-likeness (QED) is 0.779. The summed E-state index contributed by atoms with van der Waals surface area (Å²) in [6.45, 7) is 9.21. The number of benzene rings is 1. The number of anilines is 1. The second-order valence-corrected chi connectivity index (χ2v) is 6.60. The number of hydrogen-bond donors (Lipinski definition) is 0. The van der Waals surface area contributed by atoms with Crippen LogP contribution in [0.15, 0.2) is 48.7 Å². The number of hydrogen-bond acceptors (Lipinski definition) is 3. The Labute approximate surface area is 127 Å². The molecule has 1 saturated heterocycles. The summed E-state index contributed by atoms with van der Waals surface area (Å²) in [6.07, 6.45) is 8.34. The molecule has 0 N–H and O–H groups in total. The van der Waals surface area contributed by atoms with Crippen molar-refractivity contribution < 1.29 is 9.31 Å². The van der Waals surface area contributed by atoms with Crippen LogP contribution in [0.4, 0.5) is 5.69 Å². The minimum absolute atomic E-state index is 0.291. The predicted molar refractivity (Wildman–Crippen MR) is 87.8 cm³/mol. The maximum absolute atomic E-state index is 6.07. The first-order valence-corrected chi connectivity index (χ1v) is 7.45. The van der Waals surface area contributed by atoms with Gasteiger partial charge in [-0.1, -0.05) is 24.3 Å². The Hall–Kier alpha value is -1.52. The van der Waals surface area contributed by atoms with Crippen LogP contribution in [0.25, 0.3) is 0 Å². The van der Waals surface area contributed by atoms with Crippen molar-refractivity contribution in [3.05, 3.63) is 48.7 Å². The molecule has 0 bridgehead atoms. The Morgan fingerprint density at radius 2 is 1.57 bits per heavy atom. The van der Waals surface area contributed by atoms with E-state index in [0.29, 0.717) is 0 Å². The van der Waals surface area contributed by atoms with Gasteiger partial charge in [0.1, 0.15) is 0 Å². The molecule has 21 heavy (non-hydrogen) atoms. The van der Waals surface area contributed by atoms with Crippen molar-refractivity contribution in [3.63, 3.8) is 0 Å². The van der Waals surface area contributed by atoms with E-state index in [2.05, 4.69) is 75.2 Å². The second-order valence-electron chi connectivity index (χ2n) is 6.60. The van der Waals surface area contributed by atoms with E-state index in [1.165, 1.54) is 5.69 Å². The van der Waals surface area contributed by atoms with Crippen molar-refractivity contribution in [1.82, 2.24) is 0 Å². The fourth-order valence-corrected chi connectivity index (χ4v) is 2.46. The molecule has 0 atom stereocenters. The van der Waals surface area contributed by atoms with Gasteiger partial charge in [-0.3, -0.25) is 0 Å². The van der Waals surface area contributed by atoms with Gasteiger partial charge < -0.3 is 14.2 Å². The highest BCUT2D eigenvalue weighted by atomic mass is 16.7. The van der Waals surface area contributed by atoms with E-state index in [4.69, 9.17) is 9.31 Å². The Kier molecular flexibility index (Phi) is 3.46. The van der Waals surface area contributed by atoms with Gasteiger partial charge in [-0.2, -0.15) is 0 Å². The molecule has 0 radical (unpaired) electrons. The lowest BCUT2D eigenvalue weighted by molar-refractivity contribution is 0.00578. The smallest absolute Gasteiger partial charge is 0.399 e. The lowest BCUT2D eigenvalue weighted by Crippen LogP contribution is -2.41. The molecule has 110 valence electrons. The third-order valence-corrected chi connectivity index (χ3v) is 4.57. The number of nitrogens with zero attached hydrogens (tertiary/aromatic N) is 1. The van der Waals surface area contributed by atoms with E-state index in [1.54, 1.807) is 0 Å². The van der Waals surface area contributed by atoms with Crippen molar-refractivity contribution >= 4 is 18.3 Å². The largest absolute Gasteiger partial charge is 0.494 e.